The first kappa shape index (κ1) is 17.5. The highest BCUT2D eigenvalue weighted by molar-refractivity contribution is 14.1. The molecule has 5 nitrogen and oxygen atoms in total. The van der Waals surface area contributed by atoms with Crippen LogP contribution in [0.15, 0.2) is 54.6 Å². The van der Waals surface area contributed by atoms with Gasteiger partial charge in [-0.05, 0) is 51.1 Å². The summed E-state index contributed by atoms with van der Waals surface area (Å²) in [6, 6.07) is 17.6. The predicted molar refractivity (Wildman–Crippen MR) is 106 cm³/mol. The van der Waals surface area contributed by atoms with Gasteiger partial charge in [-0.3, -0.25) is 10.2 Å². The van der Waals surface area contributed by atoms with Crippen molar-refractivity contribution in [2.45, 2.75) is 6.61 Å². The maximum Gasteiger partial charge on any atom is 0.265 e. The van der Waals surface area contributed by atoms with E-state index in [1.54, 1.807) is 19.2 Å². The van der Waals surface area contributed by atoms with E-state index in [1.807, 2.05) is 24.3 Å². The fourth-order valence-electron chi connectivity index (χ4n) is 2.64. The minimum absolute atomic E-state index is 0.378. The van der Waals surface area contributed by atoms with E-state index >= 15 is 0 Å². The molecule has 0 radical (unpaired) electrons. The molecule has 3 aromatic carbocycles. The molecule has 0 aliphatic heterocycles. The Balaban J connectivity index is 1.91. The van der Waals surface area contributed by atoms with E-state index in [-0.39, 0.29) is 5.91 Å². The summed E-state index contributed by atoms with van der Waals surface area (Å²) in [5, 5.41) is 2.32. The van der Waals surface area contributed by atoms with E-state index < -0.39 is 0 Å². The lowest BCUT2D eigenvalue weighted by molar-refractivity contribution is 0.0953. The Morgan fingerprint density at radius 2 is 1.92 bits per heavy atom. The van der Waals surface area contributed by atoms with Crippen molar-refractivity contribution in [3.05, 3.63) is 69.3 Å². The van der Waals surface area contributed by atoms with Crippen molar-refractivity contribution in [1.29, 1.82) is 0 Å². The lowest BCUT2D eigenvalue weighted by Gasteiger charge is -2.15. The normalized spacial score (nSPS) is 10.5. The molecule has 0 heterocycles. The molecule has 0 aliphatic carbocycles. The zero-order chi connectivity index (χ0) is 17.8. The molecule has 0 saturated carbocycles. The number of carbonyl (C=O) groups is 1. The van der Waals surface area contributed by atoms with E-state index in [4.69, 9.17) is 15.3 Å². The Bertz CT molecular complexity index is 922. The number of fused-ring (bicyclic) bond motifs is 1. The summed E-state index contributed by atoms with van der Waals surface area (Å²) in [5.41, 5.74) is 3.62. The van der Waals surface area contributed by atoms with Gasteiger partial charge in [-0.2, -0.15) is 0 Å². The Kier molecular flexibility index (Phi) is 5.40. The third-order valence-corrected chi connectivity index (χ3v) is 4.68. The van der Waals surface area contributed by atoms with E-state index in [0.29, 0.717) is 23.7 Å². The highest BCUT2D eigenvalue weighted by Gasteiger charge is 2.15. The summed E-state index contributed by atoms with van der Waals surface area (Å²) in [5.74, 6) is 5.91. The number of rotatable bonds is 5. The number of halogens is 1. The summed E-state index contributed by atoms with van der Waals surface area (Å²) >= 11 is 2.12. The predicted octanol–water partition coefficient (Wildman–Crippen LogP) is 3.64. The zero-order valence-electron chi connectivity index (χ0n) is 13.6. The number of hydrogen-bond acceptors (Lipinski definition) is 4. The largest absolute Gasteiger partial charge is 0.493 e. The molecule has 25 heavy (non-hydrogen) atoms. The van der Waals surface area contributed by atoms with Crippen molar-refractivity contribution >= 4 is 39.3 Å². The van der Waals surface area contributed by atoms with Crippen molar-refractivity contribution in [3.63, 3.8) is 0 Å². The van der Waals surface area contributed by atoms with Crippen molar-refractivity contribution in [1.82, 2.24) is 5.43 Å². The van der Waals surface area contributed by atoms with E-state index in [2.05, 4.69) is 46.2 Å². The van der Waals surface area contributed by atoms with E-state index in [0.717, 1.165) is 14.5 Å². The number of carbonyl (C=O) groups excluding carboxylic acids is 1. The van der Waals surface area contributed by atoms with Gasteiger partial charge < -0.3 is 9.47 Å². The minimum atomic E-state index is -0.378. The molecule has 1 amide bonds. The first-order chi connectivity index (χ1) is 12.1. The Morgan fingerprint density at radius 3 is 2.68 bits per heavy atom. The first-order valence-electron chi connectivity index (χ1n) is 7.62. The number of benzene rings is 3. The quantitative estimate of drug-likeness (QED) is 0.271. The maximum atomic E-state index is 11.7. The second-order valence-corrected chi connectivity index (χ2v) is 6.55. The summed E-state index contributed by atoms with van der Waals surface area (Å²) in [6.07, 6.45) is 0. The Labute approximate surface area is 159 Å². The van der Waals surface area contributed by atoms with Crippen molar-refractivity contribution in [2.75, 3.05) is 7.11 Å². The third-order valence-electron chi connectivity index (χ3n) is 3.87. The number of nitrogen functional groups attached to an aromatic ring is 1. The lowest BCUT2D eigenvalue weighted by atomic mass is 10.1. The molecule has 3 rings (SSSR count). The van der Waals surface area contributed by atoms with Gasteiger partial charge in [-0.1, -0.05) is 42.5 Å². The number of hydrogen-bond donors (Lipinski definition) is 2. The molecule has 0 aliphatic rings. The molecular weight excluding hydrogens is 431 g/mol. The molecule has 0 saturated heterocycles. The van der Waals surface area contributed by atoms with E-state index in [1.165, 1.54) is 5.39 Å². The van der Waals surface area contributed by atoms with Crippen LogP contribution in [0.5, 0.6) is 11.5 Å². The monoisotopic (exact) mass is 448 g/mol. The van der Waals surface area contributed by atoms with Crippen LogP contribution in [-0.4, -0.2) is 13.0 Å². The SMILES string of the molecule is COc1cc(C(=O)NN)cc(I)c1OCc1cccc2ccccc12. The molecule has 3 aromatic rings. The van der Waals surface area contributed by atoms with Crippen LogP contribution in [0.1, 0.15) is 15.9 Å². The van der Waals surface area contributed by atoms with Gasteiger partial charge in [-0.25, -0.2) is 5.84 Å². The number of methoxy groups -OCH3 is 1. The van der Waals surface area contributed by atoms with Crippen LogP contribution in [0.3, 0.4) is 0 Å². The number of hydrazine groups is 1. The number of amides is 1. The second kappa shape index (κ2) is 7.71. The summed E-state index contributed by atoms with van der Waals surface area (Å²) in [6.45, 7) is 0.399. The number of ether oxygens (including phenoxy) is 2. The summed E-state index contributed by atoms with van der Waals surface area (Å²) in [7, 11) is 1.54. The zero-order valence-corrected chi connectivity index (χ0v) is 15.7. The molecule has 3 N–H and O–H groups in total. The third kappa shape index (κ3) is 3.69. The van der Waals surface area contributed by atoms with Gasteiger partial charge in [0.1, 0.15) is 6.61 Å². The van der Waals surface area contributed by atoms with Gasteiger partial charge in [0.05, 0.1) is 10.7 Å². The molecular formula is C19H17IN2O3. The molecule has 0 aromatic heterocycles. The van der Waals surface area contributed by atoms with Gasteiger partial charge in [-0.15, -0.1) is 0 Å². The fraction of sp³-hybridized carbons (Fsp3) is 0.105. The first-order valence-corrected chi connectivity index (χ1v) is 8.70. The van der Waals surface area contributed by atoms with Gasteiger partial charge in [0.2, 0.25) is 0 Å². The summed E-state index contributed by atoms with van der Waals surface area (Å²) < 4.78 is 12.2. The average molecular weight is 448 g/mol. The van der Waals surface area contributed by atoms with Crippen LogP contribution in [0.2, 0.25) is 0 Å². The standard InChI is InChI=1S/C19H17IN2O3/c1-24-17-10-14(19(23)22-21)9-16(20)18(17)25-11-13-7-4-6-12-5-2-3-8-15(12)13/h2-10H,11,21H2,1H3,(H,22,23). The second-order valence-electron chi connectivity index (χ2n) is 5.39. The molecule has 6 heteroatoms. The van der Waals surface area contributed by atoms with Crippen LogP contribution in [0, 0.1) is 3.57 Å². The van der Waals surface area contributed by atoms with Crippen LogP contribution in [0.4, 0.5) is 0 Å². The highest BCUT2D eigenvalue weighted by atomic mass is 127. The van der Waals surface area contributed by atoms with E-state index in [9.17, 15) is 4.79 Å². The van der Waals surface area contributed by atoms with Crippen LogP contribution < -0.4 is 20.7 Å². The smallest absolute Gasteiger partial charge is 0.265 e. The molecule has 0 fully saturated rings. The summed E-state index contributed by atoms with van der Waals surface area (Å²) in [4.78, 5) is 11.7. The molecule has 128 valence electrons. The van der Waals surface area contributed by atoms with Gasteiger partial charge in [0.15, 0.2) is 11.5 Å². The lowest BCUT2D eigenvalue weighted by Crippen LogP contribution is -2.30. The topological polar surface area (TPSA) is 73.6 Å². The van der Waals surface area contributed by atoms with Gasteiger partial charge in [0.25, 0.3) is 5.91 Å². The maximum absolute atomic E-state index is 11.7. The van der Waals surface area contributed by atoms with Crippen LogP contribution in [0.25, 0.3) is 10.8 Å². The number of nitrogens with two attached hydrogens (primary N) is 1. The molecule has 0 unspecified atom stereocenters. The Morgan fingerprint density at radius 1 is 1.16 bits per heavy atom. The molecule has 0 atom stereocenters. The van der Waals surface area contributed by atoms with Gasteiger partial charge >= 0.3 is 0 Å². The Hall–Kier alpha value is -2.32. The van der Waals surface area contributed by atoms with Crippen LogP contribution in [-0.2, 0) is 6.61 Å². The van der Waals surface area contributed by atoms with Crippen molar-refractivity contribution < 1.29 is 14.3 Å². The van der Waals surface area contributed by atoms with Crippen LogP contribution >= 0.6 is 22.6 Å². The molecule has 0 bridgehead atoms. The highest BCUT2D eigenvalue weighted by Crippen LogP contribution is 2.35. The molecule has 0 spiro atoms. The fourth-order valence-corrected chi connectivity index (χ4v) is 3.40. The van der Waals surface area contributed by atoms with Gasteiger partial charge in [0, 0.05) is 5.56 Å². The van der Waals surface area contributed by atoms with Crippen molar-refractivity contribution in [3.8, 4) is 11.5 Å². The van der Waals surface area contributed by atoms with Crippen molar-refractivity contribution in [2.24, 2.45) is 5.84 Å². The number of nitrogens with one attached hydrogen (secondary N) is 1. The average Bonchev–Trinajstić information content (AvgIpc) is 2.65. The minimum Gasteiger partial charge on any atom is -0.493 e.